The Bertz CT molecular complexity index is 1260. The van der Waals surface area contributed by atoms with Gasteiger partial charge in [0.1, 0.15) is 11.3 Å². The minimum atomic E-state index is -0.632. The molecule has 0 fully saturated rings. The minimum absolute atomic E-state index is 0.182. The second-order valence-electron chi connectivity index (χ2n) is 9.95. The summed E-state index contributed by atoms with van der Waals surface area (Å²) in [6.07, 6.45) is 4.20. The van der Waals surface area contributed by atoms with Crippen LogP contribution in [0.25, 0.3) is 12.2 Å². The monoisotopic (exact) mass is 486 g/mol. The highest BCUT2D eigenvalue weighted by molar-refractivity contribution is 6.06. The Kier molecular flexibility index (Phi) is 5.99. The number of anilines is 2. The van der Waals surface area contributed by atoms with E-state index >= 15 is 0 Å². The molecule has 2 aromatic carbocycles. The molecule has 0 spiro atoms. The van der Waals surface area contributed by atoms with Gasteiger partial charge in [-0.2, -0.15) is 9.98 Å². The fraction of sp³-hybridized carbons (Fsp3) is 0.308. The first-order valence-corrected chi connectivity index (χ1v) is 11.7. The van der Waals surface area contributed by atoms with E-state index in [0.29, 0.717) is 11.9 Å². The van der Waals surface area contributed by atoms with E-state index in [9.17, 15) is 0 Å². The predicted octanol–water partition coefficient (Wildman–Crippen LogP) is 2.84. The molecule has 4 rings (SSSR count). The molecular formula is C26H34N10. The second-order valence-corrected chi connectivity index (χ2v) is 9.95. The molecule has 10 heteroatoms. The third kappa shape index (κ3) is 4.61. The van der Waals surface area contributed by atoms with E-state index in [2.05, 4.69) is 70.2 Å². The van der Waals surface area contributed by atoms with Crippen LogP contribution < -0.4 is 32.7 Å². The highest BCUT2D eigenvalue weighted by Gasteiger charge is 2.34. The summed E-state index contributed by atoms with van der Waals surface area (Å²) < 4.78 is 0. The van der Waals surface area contributed by atoms with Crippen molar-refractivity contribution in [2.24, 2.45) is 42.9 Å². The normalized spacial score (nSPS) is 19.1. The van der Waals surface area contributed by atoms with Crippen molar-refractivity contribution in [1.82, 2.24) is 0 Å². The van der Waals surface area contributed by atoms with Crippen LogP contribution in [0.5, 0.6) is 0 Å². The first kappa shape index (κ1) is 24.8. The molecule has 0 unspecified atom stereocenters. The summed E-state index contributed by atoms with van der Waals surface area (Å²) in [6.45, 7) is 11.9. The van der Waals surface area contributed by atoms with E-state index in [1.807, 2.05) is 49.6 Å². The van der Waals surface area contributed by atoms with Crippen molar-refractivity contribution in [2.75, 3.05) is 9.80 Å². The average Bonchev–Trinajstić information content (AvgIpc) is 2.71. The van der Waals surface area contributed by atoms with Gasteiger partial charge in [-0.05, 0) is 88.1 Å². The van der Waals surface area contributed by atoms with Gasteiger partial charge in [-0.3, -0.25) is 9.80 Å². The van der Waals surface area contributed by atoms with E-state index in [-0.39, 0.29) is 11.9 Å². The topological polar surface area (TPSA) is 160 Å². The van der Waals surface area contributed by atoms with Crippen LogP contribution in [0.4, 0.5) is 11.4 Å². The van der Waals surface area contributed by atoms with E-state index in [1.165, 1.54) is 0 Å². The second kappa shape index (κ2) is 8.71. The van der Waals surface area contributed by atoms with Crippen LogP contribution in [0.2, 0.25) is 0 Å². The quantitative estimate of drug-likeness (QED) is 0.486. The molecule has 188 valence electrons. The van der Waals surface area contributed by atoms with Gasteiger partial charge in [0.2, 0.25) is 23.8 Å². The van der Waals surface area contributed by atoms with Gasteiger partial charge >= 0.3 is 0 Å². The number of nitrogens with two attached hydrogens (primary N) is 4. The van der Waals surface area contributed by atoms with Crippen LogP contribution in [-0.4, -0.2) is 35.2 Å². The van der Waals surface area contributed by atoms with Crippen molar-refractivity contribution in [2.45, 2.75) is 52.9 Å². The van der Waals surface area contributed by atoms with E-state index < -0.39 is 11.3 Å². The number of benzene rings is 2. The summed E-state index contributed by atoms with van der Waals surface area (Å²) in [6, 6.07) is 12.3. The van der Waals surface area contributed by atoms with E-state index in [4.69, 9.17) is 22.9 Å². The molecule has 2 heterocycles. The van der Waals surface area contributed by atoms with Crippen molar-refractivity contribution in [3.8, 4) is 0 Å². The number of nitrogens with zero attached hydrogens (tertiary/aromatic N) is 6. The zero-order valence-electron chi connectivity index (χ0n) is 21.6. The molecule has 2 aromatic rings. The average molecular weight is 487 g/mol. The summed E-state index contributed by atoms with van der Waals surface area (Å²) in [5, 5.41) is 0. The molecule has 0 aromatic heterocycles. The SMILES string of the molecule is Cc1cc(N2C(N)=NC(N)=NC2(C)C)ccc1/C=C/c1ccc(N2C(N)=NC(N)=NC2(C)C)cc1C. The Labute approximate surface area is 211 Å². The van der Waals surface area contributed by atoms with Crippen molar-refractivity contribution >= 4 is 47.4 Å². The number of hydrogen-bond donors (Lipinski definition) is 4. The van der Waals surface area contributed by atoms with Gasteiger partial charge in [-0.15, -0.1) is 0 Å². The highest BCUT2D eigenvalue weighted by atomic mass is 15.4. The first-order valence-electron chi connectivity index (χ1n) is 11.7. The third-order valence-electron chi connectivity index (χ3n) is 6.25. The van der Waals surface area contributed by atoms with Crippen molar-refractivity contribution in [3.05, 3.63) is 58.7 Å². The van der Waals surface area contributed by atoms with Crippen LogP contribution in [0.3, 0.4) is 0 Å². The Hall–Kier alpha value is -4.34. The smallest absolute Gasteiger partial charge is 0.220 e. The Balaban J connectivity index is 1.58. The fourth-order valence-corrected chi connectivity index (χ4v) is 4.65. The fourth-order valence-electron chi connectivity index (χ4n) is 4.65. The lowest BCUT2D eigenvalue weighted by Gasteiger charge is -2.38. The number of aryl methyl sites for hydroxylation is 2. The Morgan fingerprint density at radius 2 is 1.00 bits per heavy atom. The third-order valence-corrected chi connectivity index (χ3v) is 6.25. The van der Waals surface area contributed by atoms with Crippen LogP contribution in [0.1, 0.15) is 49.9 Å². The maximum Gasteiger partial charge on any atom is 0.220 e. The van der Waals surface area contributed by atoms with Crippen LogP contribution in [0.15, 0.2) is 56.4 Å². The van der Waals surface area contributed by atoms with Gasteiger partial charge in [0, 0.05) is 11.4 Å². The van der Waals surface area contributed by atoms with Gasteiger partial charge in [0.25, 0.3) is 0 Å². The van der Waals surface area contributed by atoms with Crippen LogP contribution in [0, 0.1) is 13.8 Å². The maximum absolute atomic E-state index is 6.18. The number of aliphatic imine (C=N–C) groups is 4. The summed E-state index contributed by atoms with van der Waals surface area (Å²) in [7, 11) is 0. The number of rotatable bonds is 4. The molecule has 36 heavy (non-hydrogen) atoms. The lowest BCUT2D eigenvalue weighted by Crippen LogP contribution is -2.54. The zero-order chi connectivity index (χ0) is 26.4. The Morgan fingerprint density at radius 1 is 0.639 bits per heavy atom. The van der Waals surface area contributed by atoms with Crippen molar-refractivity contribution in [3.63, 3.8) is 0 Å². The van der Waals surface area contributed by atoms with Gasteiger partial charge in [-0.1, -0.05) is 24.3 Å². The predicted molar refractivity (Wildman–Crippen MR) is 151 cm³/mol. The first-order chi connectivity index (χ1) is 16.8. The molecule has 2 aliphatic heterocycles. The van der Waals surface area contributed by atoms with Gasteiger partial charge in [-0.25, -0.2) is 9.98 Å². The van der Waals surface area contributed by atoms with Crippen LogP contribution in [-0.2, 0) is 0 Å². The maximum atomic E-state index is 6.18. The summed E-state index contributed by atoms with van der Waals surface area (Å²) in [5.74, 6) is 1.01. The largest absolute Gasteiger partial charge is 0.369 e. The van der Waals surface area contributed by atoms with Crippen LogP contribution >= 0.6 is 0 Å². The summed E-state index contributed by atoms with van der Waals surface area (Å²) in [5.41, 5.74) is 28.9. The van der Waals surface area contributed by atoms with Gasteiger partial charge in [0.05, 0.1) is 0 Å². The molecular weight excluding hydrogens is 452 g/mol. The minimum Gasteiger partial charge on any atom is -0.369 e. The molecule has 0 aliphatic carbocycles. The van der Waals surface area contributed by atoms with E-state index in [1.54, 1.807) is 0 Å². The molecule has 0 bridgehead atoms. The molecule has 0 saturated heterocycles. The van der Waals surface area contributed by atoms with Crippen molar-refractivity contribution in [1.29, 1.82) is 0 Å². The Morgan fingerprint density at radius 3 is 1.31 bits per heavy atom. The number of guanidine groups is 4. The molecule has 8 N–H and O–H groups in total. The molecule has 0 atom stereocenters. The summed E-state index contributed by atoms with van der Waals surface area (Å²) in [4.78, 5) is 20.9. The summed E-state index contributed by atoms with van der Waals surface area (Å²) >= 11 is 0. The number of hydrogen-bond acceptors (Lipinski definition) is 10. The van der Waals surface area contributed by atoms with Gasteiger partial charge in [0.15, 0.2) is 0 Å². The zero-order valence-corrected chi connectivity index (χ0v) is 21.6. The molecule has 2 aliphatic rings. The standard InChI is InChI=1S/C26H34N10/c1-15-13-19(35-23(29)31-21(27)33-25(35,3)4)11-9-17(15)7-8-18-10-12-20(14-16(18)2)36-24(30)32-22(28)34-26(36,5)6/h7-14H,1-6H3,(H4,27,29,31,33)(H4,28,30,32,34)/b8-7+. The van der Waals surface area contributed by atoms with Crippen molar-refractivity contribution < 1.29 is 0 Å². The molecule has 0 amide bonds. The van der Waals surface area contributed by atoms with E-state index in [0.717, 1.165) is 33.6 Å². The molecule has 10 nitrogen and oxygen atoms in total. The lowest BCUT2D eigenvalue weighted by atomic mass is 10.0. The lowest BCUT2D eigenvalue weighted by molar-refractivity contribution is 0.533. The van der Waals surface area contributed by atoms with Gasteiger partial charge < -0.3 is 22.9 Å². The molecule has 0 saturated carbocycles. The molecule has 0 radical (unpaired) electrons. The highest BCUT2D eigenvalue weighted by Crippen LogP contribution is 2.31.